The number of nitrogens with zero attached hydrogens (tertiary/aromatic N) is 1. The maximum Gasteiger partial charge on any atom is 0.340 e. The molecular weight excluding hydrogens is 389 g/mol. The van der Waals surface area contributed by atoms with Crippen LogP contribution in [0, 0.1) is 17.7 Å². The third kappa shape index (κ3) is 4.69. The molecule has 1 aromatic heterocycles. The first kappa shape index (κ1) is 21.5. The van der Waals surface area contributed by atoms with Crippen LogP contribution in [-0.2, 0) is 9.53 Å². The molecule has 1 amide bonds. The molecular formula is C23H28FNO3S. The number of halogens is 1. The number of hydrogen-bond donors (Lipinski definition) is 0. The van der Waals surface area contributed by atoms with Crippen molar-refractivity contribution in [2.45, 2.75) is 52.5 Å². The smallest absolute Gasteiger partial charge is 0.340 e. The van der Waals surface area contributed by atoms with Gasteiger partial charge >= 0.3 is 5.97 Å². The van der Waals surface area contributed by atoms with Gasteiger partial charge in [0.1, 0.15) is 10.8 Å². The molecule has 0 unspecified atom stereocenters. The van der Waals surface area contributed by atoms with E-state index in [1.165, 1.54) is 30.6 Å². The van der Waals surface area contributed by atoms with Crippen LogP contribution in [0.3, 0.4) is 0 Å². The topological polar surface area (TPSA) is 46.6 Å². The summed E-state index contributed by atoms with van der Waals surface area (Å²) in [5.41, 5.74) is 1.18. The van der Waals surface area contributed by atoms with Crippen molar-refractivity contribution >= 4 is 28.2 Å². The Labute approximate surface area is 175 Å². The second-order valence-corrected chi connectivity index (χ2v) is 9.12. The van der Waals surface area contributed by atoms with Gasteiger partial charge in [-0.15, -0.1) is 11.3 Å². The minimum atomic E-state index is -0.472. The molecule has 0 atom stereocenters. The van der Waals surface area contributed by atoms with Gasteiger partial charge in [-0.3, -0.25) is 4.79 Å². The van der Waals surface area contributed by atoms with Crippen LogP contribution in [0.2, 0.25) is 0 Å². The fourth-order valence-corrected chi connectivity index (χ4v) is 5.16. The van der Waals surface area contributed by atoms with Crippen LogP contribution in [0.1, 0.15) is 56.8 Å². The van der Waals surface area contributed by atoms with E-state index in [0.717, 1.165) is 36.1 Å². The maximum atomic E-state index is 13.4. The standard InChI is InChI=1S/C23H28FNO3S/c1-14(2)25(21(26)17-7-5-15(3)6-8-17)22-19(23(27)28-4)13-20(29-22)16-9-11-18(24)12-10-16/h9-15,17H,5-8H2,1-4H3. The predicted octanol–water partition coefficient (Wildman–Crippen LogP) is 5.91. The Morgan fingerprint density at radius 1 is 1.14 bits per heavy atom. The van der Waals surface area contributed by atoms with Crippen LogP contribution in [0.15, 0.2) is 30.3 Å². The molecule has 1 saturated carbocycles. The molecule has 1 fully saturated rings. The lowest BCUT2D eigenvalue weighted by Gasteiger charge is -2.33. The van der Waals surface area contributed by atoms with Crippen molar-refractivity contribution in [3.63, 3.8) is 0 Å². The summed E-state index contributed by atoms with van der Waals surface area (Å²) in [5.74, 6) is -0.0754. The first-order chi connectivity index (χ1) is 13.8. The zero-order valence-corrected chi connectivity index (χ0v) is 18.2. The number of thiophene rings is 1. The van der Waals surface area contributed by atoms with Crippen molar-refractivity contribution in [2.75, 3.05) is 12.0 Å². The van der Waals surface area contributed by atoms with Crippen molar-refractivity contribution in [3.05, 3.63) is 41.7 Å². The minimum absolute atomic E-state index is 0.0181. The van der Waals surface area contributed by atoms with E-state index in [4.69, 9.17) is 4.74 Å². The Balaban J connectivity index is 2.01. The minimum Gasteiger partial charge on any atom is -0.465 e. The number of carbonyl (C=O) groups excluding carboxylic acids is 2. The molecule has 0 bridgehead atoms. The van der Waals surface area contributed by atoms with Crippen molar-refractivity contribution in [3.8, 4) is 10.4 Å². The van der Waals surface area contributed by atoms with Gasteiger partial charge in [-0.05, 0) is 69.2 Å². The van der Waals surface area contributed by atoms with E-state index in [1.807, 2.05) is 13.8 Å². The van der Waals surface area contributed by atoms with E-state index >= 15 is 0 Å². The monoisotopic (exact) mass is 417 g/mol. The van der Waals surface area contributed by atoms with Crippen LogP contribution < -0.4 is 4.90 Å². The number of amides is 1. The Kier molecular flexibility index (Phi) is 6.73. The van der Waals surface area contributed by atoms with E-state index in [1.54, 1.807) is 23.1 Å². The molecule has 4 nitrogen and oxygen atoms in total. The van der Waals surface area contributed by atoms with Crippen molar-refractivity contribution in [1.82, 2.24) is 0 Å². The van der Waals surface area contributed by atoms with Gasteiger partial charge in [-0.1, -0.05) is 19.1 Å². The Morgan fingerprint density at radius 2 is 1.76 bits per heavy atom. The van der Waals surface area contributed by atoms with E-state index in [9.17, 15) is 14.0 Å². The van der Waals surface area contributed by atoms with Crippen LogP contribution in [0.4, 0.5) is 9.39 Å². The summed E-state index contributed by atoms with van der Waals surface area (Å²) in [6.07, 6.45) is 3.87. The molecule has 1 aliphatic carbocycles. The van der Waals surface area contributed by atoms with Crippen LogP contribution >= 0.6 is 11.3 Å². The summed E-state index contributed by atoms with van der Waals surface area (Å²) in [6.45, 7) is 6.15. The fourth-order valence-electron chi connectivity index (χ4n) is 3.87. The molecule has 0 aliphatic heterocycles. The highest BCUT2D eigenvalue weighted by Gasteiger charge is 2.33. The van der Waals surface area contributed by atoms with Gasteiger partial charge < -0.3 is 9.64 Å². The lowest BCUT2D eigenvalue weighted by Crippen LogP contribution is -2.42. The summed E-state index contributed by atoms with van der Waals surface area (Å²) in [5, 5.41) is 0.606. The van der Waals surface area contributed by atoms with Crippen molar-refractivity contribution in [1.29, 1.82) is 0 Å². The number of carbonyl (C=O) groups is 2. The number of benzene rings is 1. The number of ether oxygens (including phenoxy) is 1. The summed E-state index contributed by atoms with van der Waals surface area (Å²) in [6, 6.07) is 7.78. The first-order valence-electron chi connectivity index (χ1n) is 10.1. The average Bonchev–Trinajstić information content (AvgIpc) is 3.13. The zero-order chi connectivity index (χ0) is 21.1. The van der Waals surface area contributed by atoms with E-state index < -0.39 is 5.97 Å². The molecule has 156 valence electrons. The molecule has 6 heteroatoms. The van der Waals surface area contributed by atoms with Gasteiger partial charge in [0, 0.05) is 16.8 Å². The van der Waals surface area contributed by atoms with E-state index in [-0.39, 0.29) is 23.7 Å². The molecule has 0 saturated heterocycles. The normalized spacial score (nSPS) is 19.2. The van der Waals surface area contributed by atoms with Gasteiger partial charge in [0.15, 0.2) is 0 Å². The first-order valence-corrected chi connectivity index (χ1v) is 10.9. The molecule has 0 radical (unpaired) electrons. The Morgan fingerprint density at radius 3 is 2.31 bits per heavy atom. The molecule has 2 aromatic rings. The third-order valence-corrected chi connectivity index (χ3v) is 6.77. The number of hydrogen-bond acceptors (Lipinski definition) is 4. The Bertz CT molecular complexity index is 867. The average molecular weight is 418 g/mol. The van der Waals surface area contributed by atoms with Crippen molar-refractivity contribution in [2.24, 2.45) is 11.8 Å². The van der Waals surface area contributed by atoms with Gasteiger partial charge in [0.2, 0.25) is 5.91 Å². The molecule has 0 spiro atoms. The van der Waals surface area contributed by atoms with Crippen LogP contribution in [-0.4, -0.2) is 25.0 Å². The van der Waals surface area contributed by atoms with Crippen molar-refractivity contribution < 1.29 is 18.7 Å². The van der Waals surface area contributed by atoms with Crippen LogP contribution in [0.5, 0.6) is 0 Å². The summed E-state index contributed by atoms with van der Waals surface area (Å²) < 4.78 is 18.3. The predicted molar refractivity (Wildman–Crippen MR) is 115 cm³/mol. The highest BCUT2D eigenvalue weighted by molar-refractivity contribution is 7.20. The zero-order valence-electron chi connectivity index (χ0n) is 17.4. The van der Waals surface area contributed by atoms with Gasteiger partial charge in [0.25, 0.3) is 0 Å². The van der Waals surface area contributed by atoms with Gasteiger partial charge in [-0.2, -0.15) is 0 Å². The highest BCUT2D eigenvalue weighted by atomic mass is 32.1. The number of rotatable bonds is 5. The largest absolute Gasteiger partial charge is 0.465 e. The molecule has 1 aromatic carbocycles. The summed E-state index contributed by atoms with van der Waals surface area (Å²) in [4.78, 5) is 28.5. The molecule has 3 rings (SSSR count). The fraction of sp³-hybridized carbons (Fsp3) is 0.478. The number of methoxy groups -OCH3 is 1. The summed E-state index contributed by atoms with van der Waals surface area (Å²) >= 11 is 1.37. The molecule has 1 aliphatic rings. The second kappa shape index (κ2) is 9.08. The van der Waals surface area contributed by atoms with Gasteiger partial charge in [-0.25, -0.2) is 9.18 Å². The lowest BCUT2D eigenvalue weighted by atomic mass is 9.82. The second-order valence-electron chi connectivity index (χ2n) is 8.09. The van der Waals surface area contributed by atoms with Gasteiger partial charge in [0.05, 0.1) is 12.7 Å². The summed E-state index contributed by atoms with van der Waals surface area (Å²) in [7, 11) is 1.34. The molecule has 29 heavy (non-hydrogen) atoms. The van der Waals surface area contributed by atoms with Crippen LogP contribution in [0.25, 0.3) is 10.4 Å². The maximum absolute atomic E-state index is 13.4. The lowest BCUT2D eigenvalue weighted by molar-refractivity contribution is -0.123. The SMILES string of the molecule is COC(=O)c1cc(-c2ccc(F)cc2)sc1N(C(=O)C1CCC(C)CC1)C(C)C. The Hall–Kier alpha value is -2.21. The molecule has 0 N–H and O–H groups in total. The number of anilines is 1. The number of esters is 1. The van der Waals surface area contributed by atoms with E-state index in [0.29, 0.717) is 16.5 Å². The highest BCUT2D eigenvalue weighted by Crippen LogP contribution is 2.41. The quantitative estimate of drug-likeness (QED) is 0.568. The third-order valence-electron chi connectivity index (χ3n) is 5.58. The molecule has 1 heterocycles. The van der Waals surface area contributed by atoms with E-state index in [2.05, 4.69) is 6.92 Å².